The second kappa shape index (κ2) is 7.19. The monoisotopic (exact) mass is 353 g/mol. The van der Waals surface area contributed by atoms with Crippen molar-refractivity contribution in [1.82, 2.24) is 19.8 Å². The molecule has 0 aliphatic carbocycles. The summed E-state index contributed by atoms with van der Waals surface area (Å²) in [5.41, 5.74) is 0.986. The second-order valence-corrected chi connectivity index (χ2v) is 7.42. The third kappa shape index (κ3) is 3.26. The molecule has 0 radical (unpaired) electrons. The highest BCUT2D eigenvalue weighted by molar-refractivity contribution is 5.89. The van der Waals surface area contributed by atoms with Crippen LogP contribution < -0.4 is 4.90 Å². The lowest BCUT2D eigenvalue weighted by atomic mass is 10.2. The summed E-state index contributed by atoms with van der Waals surface area (Å²) >= 11 is 0. The van der Waals surface area contributed by atoms with Crippen LogP contribution in [0.2, 0.25) is 0 Å². The molecule has 26 heavy (non-hydrogen) atoms. The number of para-hydroxylation sites is 1. The molecular weight excluding hydrogens is 326 g/mol. The summed E-state index contributed by atoms with van der Waals surface area (Å²) in [4.78, 5) is 28.8. The van der Waals surface area contributed by atoms with Crippen LogP contribution in [0.5, 0.6) is 0 Å². The van der Waals surface area contributed by atoms with Crippen LogP contribution in [-0.4, -0.2) is 71.5 Å². The van der Waals surface area contributed by atoms with Crippen LogP contribution in [0.25, 0.3) is 10.9 Å². The van der Waals surface area contributed by atoms with Gasteiger partial charge in [-0.15, -0.1) is 0 Å². The molecule has 1 aromatic carbocycles. The van der Waals surface area contributed by atoms with Gasteiger partial charge in [-0.25, -0.2) is 9.97 Å². The Morgan fingerprint density at radius 3 is 2.69 bits per heavy atom. The lowest BCUT2D eigenvalue weighted by Crippen LogP contribution is -2.45. The van der Waals surface area contributed by atoms with Crippen LogP contribution in [0.3, 0.4) is 0 Å². The summed E-state index contributed by atoms with van der Waals surface area (Å²) in [6, 6.07) is 8.25. The molecule has 0 saturated carbocycles. The Kier molecular flexibility index (Phi) is 4.76. The maximum atomic E-state index is 12.9. The third-order valence-corrected chi connectivity index (χ3v) is 5.61. The normalized spacial score (nSPS) is 22.0. The van der Waals surface area contributed by atoms with Gasteiger partial charge in [-0.3, -0.25) is 9.69 Å². The van der Waals surface area contributed by atoms with Crippen molar-refractivity contribution in [2.45, 2.75) is 32.2 Å². The average molecular weight is 353 g/mol. The van der Waals surface area contributed by atoms with Crippen LogP contribution in [0.1, 0.15) is 25.1 Å². The zero-order chi connectivity index (χ0) is 18.1. The molecule has 0 spiro atoms. The number of carbonyl (C=O) groups excluding carboxylic acids is 1. The quantitative estimate of drug-likeness (QED) is 0.827. The fourth-order valence-corrected chi connectivity index (χ4v) is 4.20. The first-order valence-corrected chi connectivity index (χ1v) is 9.61. The number of amides is 1. The molecule has 2 saturated heterocycles. The number of nitrogens with zero attached hydrogens (tertiary/aromatic N) is 5. The Labute approximate surface area is 154 Å². The number of hydrogen-bond donors (Lipinski definition) is 0. The SMILES string of the molecule is Cc1nc(N2CCCN(C(=O)[C@@H]3CCCN3C)CC2)c2ccccc2n1. The van der Waals surface area contributed by atoms with Gasteiger partial charge in [0.15, 0.2) is 0 Å². The van der Waals surface area contributed by atoms with E-state index in [0.29, 0.717) is 5.91 Å². The molecule has 2 fully saturated rings. The molecule has 6 heteroatoms. The molecule has 1 amide bonds. The van der Waals surface area contributed by atoms with E-state index in [1.165, 1.54) is 0 Å². The van der Waals surface area contributed by atoms with E-state index in [-0.39, 0.29) is 6.04 Å². The van der Waals surface area contributed by atoms with Crippen molar-refractivity contribution in [2.24, 2.45) is 0 Å². The minimum Gasteiger partial charge on any atom is -0.354 e. The highest BCUT2D eigenvalue weighted by atomic mass is 16.2. The van der Waals surface area contributed by atoms with Crippen molar-refractivity contribution in [3.8, 4) is 0 Å². The number of likely N-dealkylation sites (tertiary alicyclic amines) is 1. The molecule has 2 aromatic rings. The summed E-state index contributed by atoms with van der Waals surface area (Å²) in [6.45, 7) is 6.32. The third-order valence-electron chi connectivity index (χ3n) is 5.61. The molecular formula is C20H27N5O. The highest BCUT2D eigenvalue weighted by Gasteiger charge is 2.32. The number of fused-ring (bicyclic) bond motifs is 1. The molecule has 138 valence electrons. The minimum atomic E-state index is 0.0728. The largest absolute Gasteiger partial charge is 0.354 e. The van der Waals surface area contributed by atoms with Crippen LogP contribution in [0, 0.1) is 6.92 Å². The van der Waals surface area contributed by atoms with Gasteiger partial charge in [-0.05, 0) is 51.9 Å². The fraction of sp³-hybridized carbons (Fsp3) is 0.550. The first-order valence-electron chi connectivity index (χ1n) is 9.61. The lowest BCUT2D eigenvalue weighted by Gasteiger charge is -2.28. The molecule has 0 bridgehead atoms. The molecule has 2 aliphatic heterocycles. The van der Waals surface area contributed by atoms with E-state index in [4.69, 9.17) is 4.98 Å². The van der Waals surface area contributed by atoms with Crippen molar-refractivity contribution >= 4 is 22.6 Å². The number of benzene rings is 1. The Morgan fingerprint density at radius 1 is 1.04 bits per heavy atom. The van der Waals surface area contributed by atoms with E-state index < -0.39 is 0 Å². The number of carbonyl (C=O) groups is 1. The standard InChI is InChI=1S/C20H27N5O/c1-15-21-17-8-4-3-7-16(17)19(22-15)24-11-6-12-25(14-13-24)20(26)18-9-5-10-23(18)2/h3-4,7-8,18H,5-6,9-14H2,1-2H3/t18-/m0/s1. The van der Waals surface area contributed by atoms with E-state index in [1.807, 2.05) is 25.1 Å². The van der Waals surface area contributed by atoms with Gasteiger partial charge in [0, 0.05) is 31.6 Å². The average Bonchev–Trinajstić information content (AvgIpc) is 2.92. The van der Waals surface area contributed by atoms with Gasteiger partial charge in [0.2, 0.25) is 5.91 Å². The number of anilines is 1. The van der Waals surface area contributed by atoms with Crippen molar-refractivity contribution in [2.75, 3.05) is 44.7 Å². The predicted molar refractivity (Wildman–Crippen MR) is 103 cm³/mol. The maximum absolute atomic E-state index is 12.9. The molecule has 3 heterocycles. The zero-order valence-corrected chi connectivity index (χ0v) is 15.7. The van der Waals surface area contributed by atoms with Gasteiger partial charge in [0.05, 0.1) is 11.6 Å². The topological polar surface area (TPSA) is 52.6 Å². The number of aryl methyl sites for hydroxylation is 1. The van der Waals surface area contributed by atoms with Crippen molar-refractivity contribution in [1.29, 1.82) is 0 Å². The van der Waals surface area contributed by atoms with E-state index in [9.17, 15) is 4.79 Å². The lowest BCUT2D eigenvalue weighted by molar-refractivity contribution is -0.135. The Balaban J connectivity index is 1.53. The Bertz CT molecular complexity index is 808. The summed E-state index contributed by atoms with van der Waals surface area (Å²) in [6.07, 6.45) is 3.09. The second-order valence-electron chi connectivity index (χ2n) is 7.42. The molecule has 0 unspecified atom stereocenters. The van der Waals surface area contributed by atoms with Gasteiger partial charge in [-0.2, -0.15) is 0 Å². The number of aromatic nitrogens is 2. The number of rotatable bonds is 2. The smallest absolute Gasteiger partial charge is 0.239 e. The molecule has 0 N–H and O–H groups in total. The van der Waals surface area contributed by atoms with E-state index >= 15 is 0 Å². The Hall–Kier alpha value is -2.21. The number of likely N-dealkylation sites (N-methyl/N-ethyl adjacent to an activating group) is 1. The highest BCUT2D eigenvalue weighted by Crippen LogP contribution is 2.25. The van der Waals surface area contributed by atoms with Crippen molar-refractivity contribution in [3.05, 3.63) is 30.1 Å². The van der Waals surface area contributed by atoms with E-state index in [2.05, 4.69) is 32.8 Å². The molecule has 1 aromatic heterocycles. The van der Waals surface area contributed by atoms with Crippen LogP contribution >= 0.6 is 0 Å². The van der Waals surface area contributed by atoms with Crippen LogP contribution in [-0.2, 0) is 4.79 Å². The first kappa shape index (κ1) is 17.2. The van der Waals surface area contributed by atoms with E-state index in [1.54, 1.807) is 0 Å². The molecule has 6 nitrogen and oxygen atoms in total. The first-order chi connectivity index (χ1) is 12.6. The van der Waals surface area contributed by atoms with Crippen LogP contribution in [0.4, 0.5) is 5.82 Å². The predicted octanol–water partition coefficient (Wildman–Crippen LogP) is 2.07. The summed E-state index contributed by atoms with van der Waals surface area (Å²) in [7, 11) is 2.06. The summed E-state index contributed by atoms with van der Waals surface area (Å²) in [5, 5.41) is 1.09. The fourth-order valence-electron chi connectivity index (χ4n) is 4.20. The van der Waals surface area contributed by atoms with Crippen molar-refractivity contribution in [3.63, 3.8) is 0 Å². The van der Waals surface area contributed by atoms with Gasteiger partial charge < -0.3 is 9.80 Å². The van der Waals surface area contributed by atoms with Gasteiger partial charge in [-0.1, -0.05) is 12.1 Å². The van der Waals surface area contributed by atoms with Crippen molar-refractivity contribution < 1.29 is 4.79 Å². The summed E-state index contributed by atoms with van der Waals surface area (Å²) in [5.74, 6) is 2.10. The molecule has 2 aliphatic rings. The maximum Gasteiger partial charge on any atom is 0.239 e. The minimum absolute atomic E-state index is 0.0728. The summed E-state index contributed by atoms with van der Waals surface area (Å²) < 4.78 is 0. The Morgan fingerprint density at radius 2 is 1.88 bits per heavy atom. The van der Waals surface area contributed by atoms with Gasteiger partial charge in [0.25, 0.3) is 0 Å². The van der Waals surface area contributed by atoms with Crippen LogP contribution in [0.15, 0.2) is 24.3 Å². The number of hydrogen-bond acceptors (Lipinski definition) is 5. The van der Waals surface area contributed by atoms with Gasteiger partial charge in [0.1, 0.15) is 11.6 Å². The zero-order valence-electron chi connectivity index (χ0n) is 15.7. The van der Waals surface area contributed by atoms with E-state index in [0.717, 1.165) is 74.5 Å². The van der Waals surface area contributed by atoms with Gasteiger partial charge >= 0.3 is 0 Å². The molecule has 1 atom stereocenters. The molecule has 4 rings (SSSR count).